The van der Waals surface area contributed by atoms with Gasteiger partial charge in [0.1, 0.15) is 22.7 Å². The second kappa shape index (κ2) is 9.86. The van der Waals surface area contributed by atoms with Crippen LogP contribution in [0.3, 0.4) is 0 Å². The van der Waals surface area contributed by atoms with Crippen LogP contribution >= 0.6 is 11.3 Å². The van der Waals surface area contributed by atoms with E-state index < -0.39 is 24.2 Å². The lowest BCUT2D eigenvalue weighted by Crippen LogP contribution is -2.35. The lowest BCUT2D eigenvalue weighted by atomic mass is 10.1. The predicted molar refractivity (Wildman–Crippen MR) is 133 cm³/mol. The highest BCUT2D eigenvalue weighted by atomic mass is 32.1. The first-order valence-electron chi connectivity index (χ1n) is 11.6. The van der Waals surface area contributed by atoms with Crippen molar-refractivity contribution in [2.75, 3.05) is 17.2 Å². The van der Waals surface area contributed by atoms with E-state index in [1.165, 1.54) is 11.3 Å². The van der Waals surface area contributed by atoms with Gasteiger partial charge in [-0.15, -0.1) is 11.3 Å². The molecule has 4 aromatic rings. The first-order chi connectivity index (χ1) is 17.0. The van der Waals surface area contributed by atoms with Crippen LogP contribution in [-0.4, -0.2) is 60.1 Å². The first kappa shape index (κ1) is 23.6. The molecule has 0 bridgehead atoms. The molecule has 184 valence electrons. The maximum Gasteiger partial charge on any atom is 0.225 e. The minimum Gasteiger partial charge on any atom is -0.454 e. The Morgan fingerprint density at radius 2 is 2.03 bits per heavy atom. The Kier molecular flexibility index (Phi) is 6.65. The maximum absolute atomic E-state index is 10.6. The Hall–Kier alpha value is -3.12. The fourth-order valence-electron chi connectivity index (χ4n) is 4.48. The Labute approximate surface area is 206 Å². The Bertz CT molecular complexity index is 1310. The van der Waals surface area contributed by atoms with Gasteiger partial charge < -0.3 is 30.4 Å². The number of aromatic nitrogens is 4. The number of aryl methyl sites for hydroxylation is 2. The molecule has 4 heterocycles. The molecule has 1 fully saturated rings. The van der Waals surface area contributed by atoms with Crippen LogP contribution in [0.4, 0.5) is 11.8 Å². The number of nitrogens with zero attached hydrogens (tertiary/aromatic N) is 4. The zero-order valence-electron chi connectivity index (χ0n) is 19.5. The summed E-state index contributed by atoms with van der Waals surface area (Å²) in [6.07, 6.45) is 2.61. The van der Waals surface area contributed by atoms with Crippen LogP contribution in [-0.2, 0) is 13.0 Å². The molecule has 4 aromatic heterocycles. The van der Waals surface area contributed by atoms with Gasteiger partial charge in [-0.05, 0) is 31.9 Å². The second-order valence-electron chi connectivity index (χ2n) is 8.72. The largest absolute Gasteiger partial charge is 0.454 e. The second-order valence-corrected chi connectivity index (χ2v) is 9.70. The minimum atomic E-state index is -1.05. The molecule has 0 aromatic carbocycles. The molecule has 1 saturated carbocycles. The van der Waals surface area contributed by atoms with Crippen LogP contribution in [0, 0.1) is 12.8 Å². The molecule has 35 heavy (non-hydrogen) atoms. The Balaban J connectivity index is 1.53. The number of hydrogen-bond donors (Lipinski definition) is 5. The van der Waals surface area contributed by atoms with Gasteiger partial charge in [0.15, 0.2) is 5.58 Å². The van der Waals surface area contributed by atoms with Crippen molar-refractivity contribution in [2.45, 2.75) is 51.5 Å². The highest BCUT2D eigenvalue weighted by molar-refractivity contribution is 7.09. The van der Waals surface area contributed by atoms with Crippen LogP contribution in [0.2, 0.25) is 0 Å². The van der Waals surface area contributed by atoms with Crippen LogP contribution in [0.15, 0.2) is 34.3 Å². The van der Waals surface area contributed by atoms with Gasteiger partial charge in [0.2, 0.25) is 5.95 Å². The van der Waals surface area contributed by atoms with Gasteiger partial charge in [0.05, 0.1) is 36.1 Å². The molecule has 0 spiro atoms. The van der Waals surface area contributed by atoms with E-state index in [1.54, 1.807) is 12.4 Å². The summed E-state index contributed by atoms with van der Waals surface area (Å²) >= 11 is 1.54. The highest BCUT2D eigenvalue weighted by Gasteiger charge is 2.41. The summed E-state index contributed by atoms with van der Waals surface area (Å²) in [5.41, 5.74) is 2.97. The fourth-order valence-corrected chi connectivity index (χ4v) is 5.03. The van der Waals surface area contributed by atoms with Gasteiger partial charge in [0.25, 0.3) is 0 Å². The molecule has 0 unspecified atom stereocenters. The van der Waals surface area contributed by atoms with E-state index in [0.717, 1.165) is 22.5 Å². The van der Waals surface area contributed by atoms with Crippen LogP contribution in [0.5, 0.6) is 0 Å². The number of anilines is 2. The predicted octanol–water partition coefficient (Wildman–Crippen LogP) is 2.74. The van der Waals surface area contributed by atoms with Crippen molar-refractivity contribution in [3.05, 3.63) is 46.3 Å². The Morgan fingerprint density at radius 1 is 1.17 bits per heavy atom. The molecular weight excluding hydrogens is 468 g/mol. The summed E-state index contributed by atoms with van der Waals surface area (Å²) in [5, 5.41) is 40.7. The molecule has 11 heteroatoms. The van der Waals surface area contributed by atoms with Crippen molar-refractivity contribution in [3.63, 3.8) is 0 Å². The van der Waals surface area contributed by atoms with E-state index in [9.17, 15) is 15.3 Å². The maximum atomic E-state index is 10.6. The van der Waals surface area contributed by atoms with Gasteiger partial charge in [-0.2, -0.15) is 4.98 Å². The number of furan rings is 1. The molecule has 1 aliphatic carbocycles. The minimum absolute atomic E-state index is 0.205. The van der Waals surface area contributed by atoms with Gasteiger partial charge >= 0.3 is 0 Å². The van der Waals surface area contributed by atoms with Gasteiger partial charge in [-0.25, -0.2) is 9.97 Å². The third-order valence-corrected chi connectivity index (χ3v) is 7.18. The standard InChI is InChI=1S/C24H28N6O4S/c1-3-15-6-13-8-17(34-18(13)9-26-15)20-12(2)28-24(27-10-19-25-4-5-35-19)30-23(20)29-16-7-14(11-31)21(32)22(16)33/h4-6,8-9,14,16,21-22,31-33H,3,7,10-11H2,1-2H3,(H2,27,28,29,30)/t14-,16-,21-,22+/m1/s1. The zero-order valence-corrected chi connectivity index (χ0v) is 20.3. The Morgan fingerprint density at radius 3 is 2.74 bits per heavy atom. The van der Waals surface area contributed by atoms with E-state index in [-0.39, 0.29) is 6.61 Å². The van der Waals surface area contributed by atoms with Gasteiger partial charge in [0, 0.05) is 35.2 Å². The van der Waals surface area contributed by atoms with Crippen molar-refractivity contribution < 1.29 is 19.7 Å². The van der Waals surface area contributed by atoms with Gasteiger partial charge in [-0.3, -0.25) is 4.98 Å². The molecule has 10 nitrogen and oxygen atoms in total. The summed E-state index contributed by atoms with van der Waals surface area (Å²) in [6.45, 7) is 4.19. The molecule has 0 saturated heterocycles. The number of nitrogens with one attached hydrogen (secondary N) is 2. The molecule has 0 radical (unpaired) electrons. The molecule has 4 atom stereocenters. The summed E-state index contributed by atoms with van der Waals surface area (Å²) in [6, 6.07) is 3.43. The van der Waals surface area contributed by atoms with E-state index in [2.05, 4.69) is 25.6 Å². The molecule has 1 aliphatic rings. The average molecular weight is 497 g/mol. The van der Waals surface area contributed by atoms with E-state index in [1.807, 2.05) is 31.4 Å². The monoisotopic (exact) mass is 496 g/mol. The third-order valence-electron chi connectivity index (χ3n) is 6.40. The third kappa shape index (κ3) is 4.72. The van der Waals surface area contributed by atoms with Crippen molar-refractivity contribution >= 4 is 34.1 Å². The lowest BCUT2D eigenvalue weighted by Gasteiger charge is -2.21. The van der Waals surface area contributed by atoms with Crippen molar-refractivity contribution in [1.29, 1.82) is 0 Å². The number of hydrogen-bond acceptors (Lipinski definition) is 11. The van der Waals surface area contributed by atoms with Crippen molar-refractivity contribution in [3.8, 4) is 11.3 Å². The summed E-state index contributed by atoms with van der Waals surface area (Å²) in [7, 11) is 0. The first-order valence-corrected chi connectivity index (χ1v) is 12.5. The lowest BCUT2D eigenvalue weighted by molar-refractivity contribution is 0.00446. The van der Waals surface area contributed by atoms with E-state index >= 15 is 0 Å². The van der Waals surface area contributed by atoms with Gasteiger partial charge in [-0.1, -0.05) is 6.92 Å². The number of aliphatic hydroxyl groups excluding tert-OH is 3. The van der Waals surface area contributed by atoms with Crippen LogP contribution in [0.1, 0.15) is 29.7 Å². The summed E-state index contributed by atoms with van der Waals surface area (Å²) in [4.78, 5) is 18.0. The van der Waals surface area contributed by atoms with Crippen LogP contribution in [0.25, 0.3) is 22.3 Å². The smallest absolute Gasteiger partial charge is 0.225 e. The molecular formula is C24H28N6O4S. The van der Waals surface area contributed by atoms with Crippen LogP contribution < -0.4 is 10.6 Å². The SMILES string of the molecule is CCc1cc2cc(-c3c(C)nc(NCc4nccs4)nc3N[C@@H]3C[C@H](CO)[C@@H](O)[C@H]3O)oc2cn1. The topological polar surface area (TPSA) is 149 Å². The quantitative estimate of drug-likeness (QED) is 0.246. The summed E-state index contributed by atoms with van der Waals surface area (Å²) in [5.74, 6) is 1.04. The van der Waals surface area contributed by atoms with E-state index in [4.69, 9.17) is 9.40 Å². The normalized spacial score (nSPS) is 22.1. The zero-order chi connectivity index (χ0) is 24.5. The molecule has 5 rings (SSSR count). The number of fused-ring (bicyclic) bond motifs is 1. The summed E-state index contributed by atoms with van der Waals surface area (Å²) < 4.78 is 6.13. The molecule has 0 aliphatic heterocycles. The number of aliphatic hydroxyl groups is 3. The number of rotatable bonds is 8. The number of pyridine rings is 1. The van der Waals surface area contributed by atoms with Crippen molar-refractivity contribution in [2.24, 2.45) is 5.92 Å². The van der Waals surface area contributed by atoms with E-state index in [0.29, 0.717) is 47.3 Å². The molecule has 5 N–H and O–H groups in total. The fraction of sp³-hybridized carbons (Fsp3) is 0.417. The molecule has 0 amide bonds. The average Bonchev–Trinajstić information content (AvgIpc) is 3.58. The number of thiazole rings is 1. The highest BCUT2D eigenvalue weighted by Crippen LogP contribution is 2.37. The van der Waals surface area contributed by atoms with Crippen molar-refractivity contribution in [1.82, 2.24) is 19.9 Å².